The minimum atomic E-state index is -0.357. The van der Waals surface area contributed by atoms with Crippen molar-refractivity contribution in [2.45, 2.75) is 13.8 Å². The van der Waals surface area contributed by atoms with Crippen LogP contribution in [0.4, 0.5) is 0 Å². The van der Waals surface area contributed by atoms with Gasteiger partial charge in [-0.15, -0.1) is 11.6 Å². The Hall–Kier alpha value is -1.13. The number of rotatable bonds is 2. The molecule has 0 amide bonds. The number of hydrogen-bond acceptors (Lipinski definition) is 3. The second-order valence-corrected chi connectivity index (χ2v) is 3.74. The summed E-state index contributed by atoms with van der Waals surface area (Å²) in [7, 11) is 0. The Labute approximate surface area is 130 Å². The molecule has 2 aromatic rings. The average molecular weight is 316 g/mol. The third-order valence-electron chi connectivity index (χ3n) is 2.39. The molecule has 89 valence electrons. The van der Waals surface area contributed by atoms with Crippen molar-refractivity contribution in [2.75, 3.05) is 0 Å². The molecule has 0 spiro atoms. The van der Waals surface area contributed by atoms with Crippen LogP contribution in [0.25, 0.3) is 5.82 Å². The van der Waals surface area contributed by atoms with Gasteiger partial charge in [0.1, 0.15) is 0 Å². The first-order valence-electron chi connectivity index (χ1n) is 5.17. The number of pyridine rings is 2. The van der Waals surface area contributed by atoms with Gasteiger partial charge in [-0.05, 0) is 19.1 Å². The Morgan fingerprint density at radius 2 is 2.17 bits per heavy atom. The fourth-order valence-corrected chi connectivity index (χ4v) is 1.49. The SMILES string of the molecule is CC(=O)c1cccn(-c2c[c-]c(C)cn2)c1=O.[Y]. The predicted octanol–water partition coefficient (Wildman–Crippen LogP) is 1.54. The van der Waals surface area contributed by atoms with Gasteiger partial charge in [-0.2, -0.15) is 6.07 Å². The van der Waals surface area contributed by atoms with E-state index in [1.807, 2.05) is 6.92 Å². The largest absolute Gasteiger partial charge is 0.367 e. The maximum Gasteiger partial charge on any atom is 0.256 e. The maximum absolute atomic E-state index is 12.0. The van der Waals surface area contributed by atoms with Crippen molar-refractivity contribution in [3.05, 3.63) is 58.1 Å². The summed E-state index contributed by atoms with van der Waals surface area (Å²) in [5.41, 5.74) is 0.698. The maximum atomic E-state index is 12.0. The molecule has 0 aromatic carbocycles. The first-order valence-corrected chi connectivity index (χ1v) is 5.17. The number of Topliss-reactive ketones (excluding diaryl/α,β-unsaturated/α-hetero) is 1. The third kappa shape index (κ3) is 3.00. The molecule has 0 N–H and O–H groups in total. The molecule has 2 heterocycles. The van der Waals surface area contributed by atoms with E-state index >= 15 is 0 Å². The number of aromatic nitrogens is 2. The number of ketones is 1. The van der Waals surface area contributed by atoms with Gasteiger partial charge in [-0.3, -0.25) is 9.59 Å². The number of carbonyl (C=O) groups excluding carboxylic acids is 1. The quantitative estimate of drug-likeness (QED) is 0.624. The van der Waals surface area contributed by atoms with Gasteiger partial charge in [0, 0.05) is 44.7 Å². The van der Waals surface area contributed by atoms with Crippen LogP contribution in [-0.4, -0.2) is 15.3 Å². The molecule has 5 heteroatoms. The minimum absolute atomic E-state index is 0. The predicted molar refractivity (Wildman–Crippen MR) is 63.4 cm³/mol. The molecule has 0 aliphatic heterocycles. The van der Waals surface area contributed by atoms with Crippen LogP contribution in [-0.2, 0) is 32.7 Å². The van der Waals surface area contributed by atoms with Crippen molar-refractivity contribution < 1.29 is 37.5 Å². The Balaban J connectivity index is 0.00000162. The Morgan fingerprint density at radius 1 is 1.44 bits per heavy atom. The Bertz CT molecular complexity index is 618. The van der Waals surface area contributed by atoms with E-state index in [0.717, 1.165) is 5.56 Å². The van der Waals surface area contributed by atoms with E-state index in [-0.39, 0.29) is 49.6 Å². The Kier molecular flexibility index (Phi) is 5.11. The number of aryl methyl sites for hydroxylation is 1. The summed E-state index contributed by atoms with van der Waals surface area (Å²) in [4.78, 5) is 27.4. The van der Waals surface area contributed by atoms with Crippen LogP contribution in [0.5, 0.6) is 0 Å². The average Bonchev–Trinajstić information content (AvgIpc) is 2.30. The zero-order valence-corrected chi connectivity index (χ0v) is 13.0. The number of nitrogens with zero attached hydrogens (tertiary/aromatic N) is 2. The van der Waals surface area contributed by atoms with Crippen LogP contribution in [0.2, 0.25) is 0 Å². The molecule has 0 fully saturated rings. The van der Waals surface area contributed by atoms with E-state index in [4.69, 9.17) is 0 Å². The van der Waals surface area contributed by atoms with Gasteiger partial charge in [-0.1, -0.05) is 13.1 Å². The summed E-state index contributed by atoms with van der Waals surface area (Å²) < 4.78 is 1.34. The first-order chi connectivity index (χ1) is 8.09. The normalized spacial score (nSPS) is 9.67. The molecule has 0 saturated heterocycles. The molecule has 0 unspecified atom stereocenters. The van der Waals surface area contributed by atoms with Crippen molar-refractivity contribution in [3.8, 4) is 5.82 Å². The monoisotopic (exact) mass is 316 g/mol. The smallest absolute Gasteiger partial charge is 0.256 e. The summed E-state index contributed by atoms with van der Waals surface area (Å²) in [6, 6.07) is 7.76. The number of hydrogen-bond donors (Lipinski definition) is 0. The van der Waals surface area contributed by atoms with Crippen LogP contribution >= 0.6 is 0 Å². The molecule has 0 bridgehead atoms. The van der Waals surface area contributed by atoms with Crippen LogP contribution in [0.3, 0.4) is 0 Å². The van der Waals surface area contributed by atoms with Gasteiger partial charge in [0.2, 0.25) is 0 Å². The topological polar surface area (TPSA) is 52.0 Å². The molecule has 1 radical (unpaired) electrons. The van der Waals surface area contributed by atoms with Gasteiger partial charge < -0.3 is 9.55 Å². The van der Waals surface area contributed by atoms with Crippen molar-refractivity contribution in [3.63, 3.8) is 0 Å². The zero-order valence-electron chi connectivity index (χ0n) is 10.2. The molecule has 0 aliphatic carbocycles. The molecule has 4 nitrogen and oxygen atoms in total. The first kappa shape index (κ1) is 14.9. The molecular weight excluding hydrogens is 305 g/mol. The fraction of sp³-hybridized carbons (Fsp3) is 0.154. The summed E-state index contributed by atoms with van der Waals surface area (Å²) in [6.45, 7) is 3.24. The second kappa shape index (κ2) is 6.16. The van der Waals surface area contributed by atoms with E-state index in [2.05, 4.69) is 11.1 Å². The van der Waals surface area contributed by atoms with E-state index in [9.17, 15) is 9.59 Å². The van der Waals surface area contributed by atoms with Gasteiger partial charge in [0.25, 0.3) is 5.56 Å². The van der Waals surface area contributed by atoms with E-state index in [1.54, 1.807) is 24.5 Å². The molecule has 0 aliphatic rings. The molecule has 18 heavy (non-hydrogen) atoms. The molecule has 2 rings (SSSR count). The molecule has 2 aromatic heterocycles. The van der Waals surface area contributed by atoms with Gasteiger partial charge >= 0.3 is 0 Å². The van der Waals surface area contributed by atoms with Gasteiger partial charge in [-0.25, -0.2) is 0 Å². The van der Waals surface area contributed by atoms with Gasteiger partial charge in [0.15, 0.2) is 5.78 Å². The molecule has 0 saturated carbocycles. The summed E-state index contributed by atoms with van der Waals surface area (Å²) >= 11 is 0. The van der Waals surface area contributed by atoms with Crippen LogP contribution < -0.4 is 5.56 Å². The summed E-state index contributed by atoms with van der Waals surface area (Å²) in [6.07, 6.45) is 3.21. The number of carbonyl (C=O) groups is 1. The molecular formula is C13H11N2O2Y-. The van der Waals surface area contributed by atoms with Crippen molar-refractivity contribution >= 4 is 5.78 Å². The van der Waals surface area contributed by atoms with Crippen LogP contribution in [0, 0.1) is 13.0 Å². The summed E-state index contributed by atoms with van der Waals surface area (Å²) in [5.74, 6) is 0.212. The third-order valence-corrected chi connectivity index (χ3v) is 2.39. The van der Waals surface area contributed by atoms with E-state index < -0.39 is 0 Å². The summed E-state index contributed by atoms with van der Waals surface area (Å²) in [5, 5.41) is 0. The fourth-order valence-electron chi connectivity index (χ4n) is 1.49. The van der Waals surface area contributed by atoms with Crippen molar-refractivity contribution in [1.29, 1.82) is 0 Å². The minimum Gasteiger partial charge on any atom is -0.367 e. The van der Waals surface area contributed by atoms with E-state index in [0.29, 0.717) is 5.82 Å². The van der Waals surface area contributed by atoms with Gasteiger partial charge in [0.05, 0.1) is 5.56 Å². The second-order valence-electron chi connectivity index (χ2n) is 3.74. The van der Waals surface area contributed by atoms with Crippen molar-refractivity contribution in [2.24, 2.45) is 0 Å². The zero-order chi connectivity index (χ0) is 12.4. The standard InChI is InChI=1S/C13H11N2O2.Y/c1-9-5-6-12(14-8-9)15-7-3-4-11(10(2)16)13(15)17;/h3-4,6-8H,1-2H3;/q-1;. The van der Waals surface area contributed by atoms with Crippen LogP contribution in [0.1, 0.15) is 22.8 Å². The van der Waals surface area contributed by atoms with E-state index in [1.165, 1.54) is 17.6 Å². The van der Waals surface area contributed by atoms with Crippen molar-refractivity contribution in [1.82, 2.24) is 9.55 Å². The Morgan fingerprint density at radius 3 is 2.72 bits per heavy atom. The van der Waals surface area contributed by atoms with Crippen LogP contribution in [0.15, 0.2) is 35.4 Å². The molecule has 0 atom stereocenters.